The van der Waals surface area contributed by atoms with Crippen molar-refractivity contribution in [2.45, 2.75) is 25.8 Å². The van der Waals surface area contributed by atoms with Crippen LogP contribution in [-0.4, -0.2) is 31.1 Å². The molecule has 0 unspecified atom stereocenters. The van der Waals surface area contributed by atoms with Crippen LogP contribution < -0.4 is 5.32 Å². The van der Waals surface area contributed by atoms with Crippen LogP contribution in [0.4, 0.5) is 0 Å². The summed E-state index contributed by atoms with van der Waals surface area (Å²) in [6, 6.07) is 10.0. The smallest absolute Gasteiger partial charge is 0.0995 e. The average Bonchev–Trinajstić information content (AvgIpc) is 2.45. The summed E-state index contributed by atoms with van der Waals surface area (Å²) in [7, 11) is 0. The van der Waals surface area contributed by atoms with Gasteiger partial charge in [0.2, 0.25) is 0 Å². The van der Waals surface area contributed by atoms with Gasteiger partial charge in [-0.2, -0.15) is 5.26 Å². The van der Waals surface area contributed by atoms with E-state index in [-0.39, 0.29) is 0 Å². The maximum Gasteiger partial charge on any atom is 0.0995 e. The normalized spacial score (nSPS) is 16.4. The van der Waals surface area contributed by atoms with Gasteiger partial charge < -0.3 is 10.2 Å². The van der Waals surface area contributed by atoms with E-state index >= 15 is 0 Å². The van der Waals surface area contributed by atoms with Gasteiger partial charge in [-0.05, 0) is 37.6 Å². The van der Waals surface area contributed by atoms with Crippen LogP contribution in [0, 0.1) is 11.3 Å². The SMILES string of the molecule is N#Cc1ccccc1CNCCN1CCCCC1. The highest BCUT2D eigenvalue weighted by Crippen LogP contribution is 2.08. The van der Waals surface area contributed by atoms with Gasteiger partial charge in [-0.25, -0.2) is 0 Å². The van der Waals surface area contributed by atoms with E-state index in [1.807, 2.05) is 24.3 Å². The molecule has 0 amide bonds. The maximum atomic E-state index is 8.99. The molecular formula is C15H21N3. The zero-order chi connectivity index (χ0) is 12.6. The van der Waals surface area contributed by atoms with Crippen LogP contribution in [-0.2, 0) is 6.54 Å². The van der Waals surface area contributed by atoms with E-state index < -0.39 is 0 Å². The molecule has 0 saturated carbocycles. The molecule has 3 heteroatoms. The summed E-state index contributed by atoms with van der Waals surface area (Å²) in [5.74, 6) is 0. The lowest BCUT2D eigenvalue weighted by molar-refractivity contribution is 0.229. The first-order valence-corrected chi connectivity index (χ1v) is 6.81. The fraction of sp³-hybridized carbons (Fsp3) is 0.533. The summed E-state index contributed by atoms with van der Waals surface area (Å²) in [6.07, 6.45) is 4.08. The number of rotatable bonds is 5. The van der Waals surface area contributed by atoms with Crippen molar-refractivity contribution >= 4 is 0 Å². The molecule has 1 aromatic carbocycles. The molecule has 2 rings (SSSR count). The van der Waals surface area contributed by atoms with Gasteiger partial charge in [0.15, 0.2) is 0 Å². The minimum absolute atomic E-state index is 0.781. The molecule has 18 heavy (non-hydrogen) atoms. The Balaban J connectivity index is 1.70. The number of nitrogens with one attached hydrogen (secondary N) is 1. The molecule has 1 heterocycles. The molecule has 0 bridgehead atoms. The van der Waals surface area contributed by atoms with Crippen LogP contribution in [0.5, 0.6) is 0 Å². The van der Waals surface area contributed by atoms with E-state index in [9.17, 15) is 0 Å². The lowest BCUT2D eigenvalue weighted by Gasteiger charge is -2.26. The summed E-state index contributed by atoms with van der Waals surface area (Å²) in [4.78, 5) is 2.52. The van der Waals surface area contributed by atoms with Gasteiger partial charge in [0.25, 0.3) is 0 Å². The van der Waals surface area contributed by atoms with Crippen molar-refractivity contribution in [1.29, 1.82) is 5.26 Å². The molecule has 0 spiro atoms. The Morgan fingerprint density at radius 1 is 1.17 bits per heavy atom. The molecule has 0 radical (unpaired) electrons. The summed E-state index contributed by atoms with van der Waals surface area (Å²) < 4.78 is 0. The van der Waals surface area contributed by atoms with Crippen LogP contribution in [0.3, 0.4) is 0 Å². The minimum Gasteiger partial charge on any atom is -0.311 e. The van der Waals surface area contributed by atoms with Crippen molar-refractivity contribution in [3.8, 4) is 6.07 Å². The number of hydrogen-bond acceptors (Lipinski definition) is 3. The summed E-state index contributed by atoms with van der Waals surface area (Å²) in [5.41, 5.74) is 1.88. The third kappa shape index (κ3) is 3.83. The fourth-order valence-corrected chi connectivity index (χ4v) is 2.43. The number of piperidine rings is 1. The van der Waals surface area contributed by atoms with Crippen LogP contribution >= 0.6 is 0 Å². The first-order valence-electron chi connectivity index (χ1n) is 6.81. The van der Waals surface area contributed by atoms with Gasteiger partial charge in [0.05, 0.1) is 11.6 Å². The Labute approximate surface area is 109 Å². The fourth-order valence-electron chi connectivity index (χ4n) is 2.43. The first-order chi connectivity index (χ1) is 8.90. The number of nitrogens with zero attached hydrogens (tertiary/aromatic N) is 2. The quantitative estimate of drug-likeness (QED) is 0.805. The van der Waals surface area contributed by atoms with Crippen molar-refractivity contribution in [3.63, 3.8) is 0 Å². The summed E-state index contributed by atoms with van der Waals surface area (Å²) >= 11 is 0. The standard InChI is InChI=1S/C15H21N3/c16-12-14-6-2-3-7-15(14)13-17-8-11-18-9-4-1-5-10-18/h2-3,6-7,17H,1,4-5,8-11,13H2. The third-order valence-electron chi connectivity index (χ3n) is 3.51. The Kier molecular flexibility index (Phi) is 5.19. The van der Waals surface area contributed by atoms with Gasteiger partial charge in [-0.3, -0.25) is 0 Å². The van der Waals surface area contributed by atoms with Crippen molar-refractivity contribution in [2.75, 3.05) is 26.2 Å². The Bertz CT molecular complexity index is 402. The van der Waals surface area contributed by atoms with E-state index in [1.54, 1.807) is 0 Å². The number of hydrogen-bond donors (Lipinski definition) is 1. The molecule has 0 aromatic heterocycles. The molecule has 1 aromatic rings. The molecule has 1 fully saturated rings. The largest absolute Gasteiger partial charge is 0.311 e. The second-order valence-electron chi connectivity index (χ2n) is 4.85. The first kappa shape index (κ1) is 13.1. The second kappa shape index (κ2) is 7.15. The van der Waals surface area contributed by atoms with E-state index in [0.29, 0.717) is 0 Å². The molecule has 0 aliphatic carbocycles. The number of benzene rings is 1. The van der Waals surface area contributed by atoms with Crippen LogP contribution in [0.25, 0.3) is 0 Å². The molecule has 1 saturated heterocycles. The van der Waals surface area contributed by atoms with E-state index in [1.165, 1.54) is 32.4 Å². The van der Waals surface area contributed by atoms with Crippen LogP contribution in [0.2, 0.25) is 0 Å². The highest BCUT2D eigenvalue weighted by atomic mass is 15.1. The molecular weight excluding hydrogens is 222 g/mol. The Hall–Kier alpha value is -1.37. The predicted octanol–water partition coefficient (Wildman–Crippen LogP) is 2.13. The minimum atomic E-state index is 0.781. The lowest BCUT2D eigenvalue weighted by Crippen LogP contribution is -2.35. The van der Waals surface area contributed by atoms with Gasteiger partial charge >= 0.3 is 0 Å². The van der Waals surface area contributed by atoms with E-state index in [0.717, 1.165) is 30.8 Å². The summed E-state index contributed by atoms with van der Waals surface area (Å²) in [5, 5.41) is 12.4. The zero-order valence-corrected chi connectivity index (χ0v) is 10.9. The van der Waals surface area contributed by atoms with Gasteiger partial charge in [0.1, 0.15) is 0 Å². The average molecular weight is 243 g/mol. The molecule has 0 atom stereocenters. The lowest BCUT2D eigenvalue weighted by atomic mass is 10.1. The van der Waals surface area contributed by atoms with Gasteiger partial charge in [-0.1, -0.05) is 24.6 Å². The highest BCUT2D eigenvalue weighted by molar-refractivity contribution is 5.37. The molecule has 1 aliphatic rings. The monoisotopic (exact) mass is 243 g/mol. The predicted molar refractivity (Wildman–Crippen MR) is 73.2 cm³/mol. The molecule has 3 nitrogen and oxygen atoms in total. The maximum absolute atomic E-state index is 8.99. The highest BCUT2D eigenvalue weighted by Gasteiger charge is 2.08. The van der Waals surface area contributed by atoms with Gasteiger partial charge in [0, 0.05) is 19.6 Å². The van der Waals surface area contributed by atoms with Crippen molar-refractivity contribution in [3.05, 3.63) is 35.4 Å². The van der Waals surface area contributed by atoms with Crippen LogP contribution in [0.15, 0.2) is 24.3 Å². The third-order valence-corrected chi connectivity index (χ3v) is 3.51. The van der Waals surface area contributed by atoms with Crippen molar-refractivity contribution in [2.24, 2.45) is 0 Å². The van der Waals surface area contributed by atoms with E-state index in [4.69, 9.17) is 5.26 Å². The number of likely N-dealkylation sites (tertiary alicyclic amines) is 1. The topological polar surface area (TPSA) is 39.1 Å². The Morgan fingerprint density at radius 2 is 1.94 bits per heavy atom. The number of nitriles is 1. The molecule has 96 valence electrons. The Morgan fingerprint density at radius 3 is 2.72 bits per heavy atom. The van der Waals surface area contributed by atoms with Crippen molar-refractivity contribution < 1.29 is 0 Å². The summed E-state index contributed by atoms with van der Waals surface area (Å²) in [6.45, 7) is 5.40. The zero-order valence-electron chi connectivity index (χ0n) is 10.9. The molecule has 1 N–H and O–H groups in total. The van der Waals surface area contributed by atoms with Crippen molar-refractivity contribution in [1.82, 2.24) is 10.2 Å². The van der Waals surface area contributed by atoms with E-state index in [2.05, 4.69) is 16.3 Å². The second-order valence-corrected chi connectivity index (χ2v) is 4.85. The van der Waals surface area contributed by atoms with Gasteiger partial charge in [-0.15, -0.1) is 0 Å². The van der Waals surface area contributed by atoms with Crippen LogP contribution in [0.1, 0.15) is 30.4 Å². The molecule has 1 aliphatic heterocycles.